The van der Waals surface area contributed by atoms with Crippen molar-refractivity contribution in [2.75, 3.05) is 6.54 Å². The molecule has 0 aliphatic carbocycles. The van der Waals surface area contributed by atoms with Crippen LogP contribution < -0.4 is 10.6 Å². The SMILES string of the molecule is CCCNC(=O)C(C)NC(=O)C(C)(C#N)CC. The molecule has 0 heterocycles. The van der Waals surface area contributed by atoms with E-state index in [9.17, 15) is 9.59 Å². The van der Waals surface area contributed by atoms with Crippen LogP contribution in [0.4, 0.5) is 0 Å². The molecule has 0 aliphatic heterocycles. The van der Waals surface area contributed by atoms with Crippen LogP contribution in [0, 0.1) is 16.7 Å². The largest absolute Gasteiger partial charge is 0.354 e. The van der Waals surface area contributed by atoms with Gasteiger partial charge in [0.1, 0.15) is 11.5 Å². The van der Waals surface area contributed by atoms with E-state index in [-0.39, 0.29) is 5.91 Å². The fraction of sp³-hybridized carbons (Fsp3) is 0.750. The Balaban J connectivity index is 4.39. The molecular formula is C12H21N3O2. The number of hydrogen-bond acceptors (Lipinski definition) is 3. The number of amides is 2. The number of nitriles is 1. The number of nitrogens with zero attached hydrogens (tertiary/aromatic N) is 1. The second-order valence-electron chi connectivity index (χ2n) is 4.28. The van der Waals surface area contributed by atoms with Gasteiger partial charge in [0.05, 0.1) is 6.07 Å². The van der Waals surface area contributed by atoms with E-state index in [1.807, 2.05) is 13.0 Å². The second kappa shape index (κ2) is 6.89. The molecular weight excluding hydrogens is 218 g/mol. The fourth-order valence-corrected chi connectivity index (χ4v) is 1.11. The topological polar surface area (TPSA) is 82.0 Å². The van der Waals surface area contributed by atoms with Crippen LogP contribution >= 0.6 is 0 Å². The van der Waals surface area contributed by atoms with E-state index in [4.69, 9.17) is 5.26 Å². The third kappa shape index (κ3) is 4.43. The summed E-state index contributed by atoms with van der Waals surface area (Å²) in [5, 5.41) is 14.2. The minimum absolute atomic E-state index is 0.225. The lowest BCUT2D eigenvalue weighted by molar-refractivity contribution is -0.132. The maximum absolute atomic E-state index is 11.8. The molecule has 5 nitrogen and oxygen atoms in total. The standard InChI is InChI=1S/C12H21N3O2/c1-5-7-14-10(16)9(3)15-11(17)12(4,6-2)8-13/h9H,5-7H2,1-4H3,(H,14,16)(H,15,17). The number of carbonyl (C=O) groups is 2. The number of hydrogen-bond donors (Lipinski definition) is 2. The second-order valence-corrected chi connectivity index (χ2v) is 4.28. The van der Waals surface area contributed by atoms with Crippen LogP contribution in [0.2, 0.25) is 0 Å². The first-order chi connectivity index (χ1) is 7.91. The van der Waals surface area contributed by atoms with Gasteiger partial charge >= 0.3 is 0 Å². The van der Waals surface area contributed by atoms with E-state index in [0.717, 1.165) is 6.42 Å². The fourth-order valence-electron chi connectivity index (χ4n) is 1.11. The first kappa shape index (κ1) is 15.4. The average Bonchev–Trinajstić information content (AvgIpc) is 2.34. The molecule has 0 aromatic heterocycles. The van der Waals surface area contributed by atoms with Crippen molar-refractivity contribution >= 4 is 11.8 Å². The minimum atomic E-state index is -1.07. The summed E-state index contributed by atoms with van der Waals surface area (Å²) in [7, 11) is 0. The lowest BCUT2D eigenvalue weighted by Gasteiger charge is -2.21. The van der Waals surface area contributed by atoms with Gasteiger partial charge in [0.15, 0.2) is 0 Å². The lowest BCUT2D eigenvalue weighted by Crippen LogP contribution is -2.49. The third-order valence-electron chi connectivity index (χ3n) is 2.75. The summed E-state index contributed by atoms with van der Waals surface area (Å²) in [6, 6.07) is 1.35. The number of rotatable bonds is 6. The van der Waals surface area contributed by atoms with Gasteiger partial charge in [-0.2, -0.15) is 5.26 Å². The van der Waals surface area contributed by atoms with Crippen molar-refractivity contribution in [1.82, 2.24) is 10.6 Å². The van der Waals surface area contributed by atoms with E-state index in [2.05, 4.69) is 10.6 Å². The van der Waals surface area contributed by atoms with E-state index >= 15 is 0 Å². The van der Waals surface area contributed by atoms with E-state index in [1.165, 1.54) is 0 Å². The Labute approximate surface area is 103 Å². The first-order valence-corrected chi connectivity index (χ1v) is 5.91. The summed E-state index contributed by atoms with van der Waals surface area (Å²) >= 11 is 0. The van der Waals surface area contributed by atoms with Crippen molar-refractivity contribution in [1.29, 1.82) is 5.26 Å². The summed E-state index contributed by atoms with van der Waals surface area (Å²) in [6.45, 7) is 7.48. The van der Waals surface area contributed by atoms with E-state index in [0.29, 0.717) is 13.0 Å². The highest BCUT2D eigenvalue weighted by Crippen LogP contribution is 2.19. The molecule has 2 atom stereocenters. The summed E-state index contributed by atoms with van der Waals surface area (Å²) in [4.78, 5) is 23.3. The normalized spacial score (nSPS) is 15.2. The Hall–Kier alpha value is -1.57. The summed E-state index contributed by atoms with van der Waals surface area (Å²) in [6.07, 6.45) is 1.26. The van der Waals surface area contributed by atoms with Gasteiger partial charge in [-0.1, -0.05) is 13.8 Å². The summed E-state index contributed by atoms with van der Waals surface area (Å²) in [5.41, 5.74) is -1.07. The van der Waals surface area contributed by atoms with Crippen LogP contribution in [0.1, 0.15) is 40.5 Å². The molecule has 0 aliphatic rings. The van der Waals surface area contributed by atoms with Crippen molar-refractivity contribution in [3.05, 3.63) is 0 Å². The molecule has 0 fully saturated rings. The molecule has 0 radical (unpaired) electrons. The van der Waals surface area contributed by atoms with Crippen molar-refractivity contribution in [3.8, 4) is 6.07 Å². The molecule has 0 aromatic rings. The minimum Gasteiger partial charge on any atom is -0.354 e. The third-order valence-corrected chi connectivity index (χ3v) is 2.75. The van der Waals surface area contributed by atoms with Gasteiger partial charge in [0.25, 0.3) is 0 Å². The van der Waals surface area contributed by atoms with Crippen LogP contribution in [-0.4, -0.2) is 24.4 Å². The Kier molecular flexibility index (Phi) is 6.26. The molecule has 2 unspecified atom stereocenters. The van der Waals surface area contributed by atoms with E-state index < -0.39 is 17.4 Å². The highest BCUT2D eigenvalue weighted by Gasteiger charge is 2.32. The monoisotopic (exact) mass is 239 g/mol. The molecule has 0 spiro atoms. The van der Waals surface area contributed by atoms with E-state index in [1.54, 1.807) is 20.8 Å². The van der Waals surface area contributed by atoms with Crippen molar-refractivity contribution in [2.45, 2.75) is 46.6 Å². The lowest BCUT2D eigenvalue weighted by atomic mass is 9.88. The van der Waals surface area contributed by atoms with Crippen molar-refractivity contribution < 1.29 is 9.59 Å². The molecule has 2 N–H and O–H groups in total. The van der Waals surface area contributed by atoms with Crippen LogP contribution in [0.5, 0.6) is 0 Å². The quantitative estimate of drug-likeness (QED) is 0.724. The molecule has 0 aromatic carbocycles. The zero-order valence-electron chi connectivity index (χ0n) is 11.0. The Bertz CT molecular complexity index is 322. The Morgan fingerprint density at radius 3 is 2.41 bits per heavy atom. The highest BCUT2D eigenvalue weighted by atomic mass is 16.2. The number of carbonyl (C=O) groups excluding carboxylic acids is 2. The van der Waals surface area contributed by atoms with Crippen molar-refractivity contribution in [3.63, 3.8) is 0 Å². The van der Waals surface area contributed by atoms with Gasteiger partial charge in [0, 0.05) is 6.54 Å². The highest BCUT2D eigenvalue weighted by molar-refractivity contribution is 5.90. The maximum atomic E-state index is 11.8. The van der Waals surface area contributed by atoms with Gasteiger partial charge in [-0.15, -0.1) is 0 Å². The van der Waals surface area contributed by atoms with Crippen LogP contribution in [0.25, 0.3) is 0 Å². The molecule has 96 valence electrons. The summed E-state index contributed by atoms with van der Waals surface area (Å²) < 4.78 is 0. The molecule has 0 rings (SSSR count). The maximum Gasteiger partial charge on any atom is 0.242 e. The van der Waals surface area contributed by atoms with Crippen LogP contribution in [0.15, 0.2) is 0 Å². The molecule has 2 amide bonds. The molecule has 17 heavy (non-hydrogen) atoms. The van der Waals surface area contributed by atoms with Crippen molar-refractivity contribution in [2.24, 2.45) is 5.41 Å². The van der Waals surface area contributed by atoms with Gasteiger partial charge in [-0.05, 0) is 26.7 Å². The average molecular weight is 239 g/mol. The molecule has 0 saturated carbocycles. The van der Waals surface area contributed by atoms with Gasteiger partial charge < -0.3 is 10.6 Å². The predicted molar refractivity (Wildman–Crippen MR) is 64.9 cm³/mol. The zero-order valence-corrected chi connectivity index (χ0v) is 11.0. The molecule has 0 saturated heterocycles. The first-order valence-electron chi connectivity index (χ1n) is 5.91. The summed E-state index contributed by atoms with van der Waals surface area (Å²) in [5.74, 6) is -0.627. The Morgan fingerprint density at radius 2 is 2.00 bits per heavy atom. The van der Waals surface area contributed by atoms with Gasteiger partial charge in [-0.25, -0.2) is 0 Å². The smallest absolute Gasteiger partial charge is 0.242 e. The van der Waals surface area contributed by atoms with Crippen LogP contribution in [0.3, 0.4) is 0 Å². The Morgan fingerprint density at radius 1 is 1.41 bits per heavy atom. The predicted octanol–water partition coefficient (Wildman–Crippen LogP) is 0.957. The van der Waals surface area contributed by atoms with Crippen LogP contribution in [-0.2, 0) is 9.59 Å². The van der Waals surface area contributed by atoms with Gasteiger partial charge in [-0.3, -0.25) is 9.59 Å². The molecule has 5 heteroatoms. The number of nitrogens with one attached hydrogen (secondary N) is 2. The van der Waals surface area contributed by atoms with Gasteiger partial charge in [0.2, 0.25) is 11.8 Å². The zero-order chi connectivity index (χ0) is 13.5. The molecule has 0 bridgehead atoms.